The van der Waals surface area contributed by atoms with Crippen molar-refractivity contribution in [3.63, 3.8) is 0 Å². The van der Waals surface area contributed by atoms with Gasteiger partial charge in [-0.2, -0.15) is 0 Å². The molecular weight excluding hydrogens is 320 g/mol. The highest BCUT2D eigenvalue weighted by atomic mass is 32.2. The van der Waals surface area contributed by atoms with Crippen LogP contribution in [0, 0.1) is 10.1 Å². The maximum Gasteiger partial charge on any atom is 0.269 e. The van der Waals surface area contributed by atoms with Crippen LogP contribution in [0.5, 0.6) is 0 Å². The minimum atomic E-state index is -2.94. The van der Waals surface area contributed by atoms with Crippen molar-refractivity contribution in [3.8, 4) is 0 Å². The fourth-order valence-corrected chi connectivity index (χ4v) is 4.59. The molecule has 0 bridgehead atoms. The first-order valence-corrected chi connectivity index (χ1v) is 9.40. The summed E-state index contributed by atoms with van der Waals surface area (Å²) >= 11 is 0. The van der Waals surface area contributed by atoms with Crippen molar-refractivity contribution in [3.05, 3.63) is 39.9 Å². The summed E-state index contributed by atoms with van der Waals surface area (Å²) in [5, 5.41) is 10.7. The van der Waals surface area contributed by atoms with E-state index in [1.807, 2.05) is 0 Å². The summed E-state index contributed by atoms with van der Waals surface area (Å²) in [7, 11) is -1.30. The minimum Gasteiger partial charge on any atom is -0.385 e. The average molecular weight is 342 g/mol. The lowest BCUT2D eigenvalue weighted by atomic mass is 10.1. The summed E-state index contributed by atoms with van der Waals surface area (Å²) in [6.45, 7) is 1.95. The second-order valence-corrected chi connectivity index (χ2v) is 8.03. The number of ether oxygens (including phenoxy) is 1. The van der Waals surface area contributed by atoms with Crippen molar-refractivity contribution in [2.45, 2.75) is 25.4 Å². The van der Waals surface area contributed by atoms with Gasteiger partial charge in [-0.15, -0.1) is 0 Å². The van der Waals surface area contributed by atoms with E-state index >= 15 is 0 Å². The molecule has 1 atom stereocenters. The molecule has 0 unspecified atom stereocenters. The van der Waals surface area contributed by atoms with Crippen molar-refractivity contribution < 1.29 is 18.1 Å². The first-order chi connectivity index (χ1) is 10.9. The van der Waals surface area contributed by atoms with Crippen LogP contribution in [-0.4, -0.2) is 56.1 Å². The highest BCUT2D eigenvalue weighted by Crippen LogP contribution is 2.21. The summed E-state index contributed by atoms with van der Waals surface area (Å²) in [6.07, 6.45) is 1.46. The fourth-order valence-electron chi connectivity index (χ4n) is 2.82. The SMILES string of the molecule is COCCCN(Cc1ccc([N+](=O)[O-])cc1)[C@H]1CCS(=O)(=O)C1. The van der Waals surface area contributed by atoms with Crippen LogP contribution in [0.25, 0.3) is 0 Å². The van der Waals surface area contributed by atoms with Gasteiger partial charge >= 0.3 is 0 Å². The predicted molar refractivity (Wildman–Crippen MR) is 87.1 cm³/mol. The third-order valence-electron chi connectivity index (χ3n) is 4.05. The van der Waals surface area contributed by atoms with Gasteiger partial charge < -0.3 is 4.74 Å². The molecule has 0 N–H and O–H groups in total. The van der Waals surface area contributed by atoms with Gasteiger partial charge in [0.2, 0.25) is 0 Å². The molecular formula is C15H22N2O5S. The minimum absolute atomic E-state index is 0.00653. The molecule has 1 aliphatic heterocycles. The number of hydrogen-bond donors (Lipinski definition) is 0. The number of nitro benzene ring substituents is 1. The lowest BCUT2D eigenvalue weighted by Gasteiger charge is -2.28. The molecule has 1 aromatic rings. The molecule has 1 saturated heterocycles. The fraction of sp³-hybridized carbons (Fsp3) is 0.600. The van der Waals surface area contributed by atoms with Crippen molar-refractivity contribution in [2.75, 3.05) is 31.8 Å². The molecule has 8 heteroatoms. The summed E-state index contributed by atoms with van der Waals surface area (Å²) in [4.78, 5) is 12.4. The molecule has 0 aromatic heterocycles. The van der Waals surface area contributed by atoms with Gasteiger partial charge in [0.25, 0.3) is 5.69 Å². The number of hydrogen-bond acceptors (Lipinski definition) is 6. The molecule has 23 heavy (non-hydrogen) atoms. The Morgan fingerprint density at radius 3 is 2.57 bits per heavy atom. The average Bonchev–Trinajstić information content (AvgIpc) is 2.87. The lowest BCUT2D eigenvalue weighted by molar-refractivity contribution is -0.384. The quantitative estimate of drug-likeness (QED) is 0.405. The van der Waals surface area contributed by atoms with E-state index in [-0.39, 0.29) is 23.2 Å². The van der Waals surface area contributed by atoms with Crippen LogP contribution in [0.3, 0.4) is 0 Å². The van der Waals surface area contributed by atoms with Crippen LogP contribution in [-0.2, 0) is 21.1 Å². The van der Waals surface area contributed by atoms with E-state index in [2.05, 4.69) is 4.90 Å². The normalized spacial score (nSPS) is 20.0. The van der Waals surface area contributed by atoms with Gasteiger partial charge in [0.1, 0.15) is 0 Å². The zero-order chi connectivity index (χ0) is 16.9. The monoisotopic (exact) mass is 342 g/mol. The van der Waals surface area contributed by atoms with E-state index in [1.165, 1.54) is 12.1 Å². The third-order valence-corrected chi connectivity index (χ3v) is 5.80. The van der Waals surface area contributed by atoms with E-state index in [1.54, 1.807) is 19.2 Å². The number of nitrogens with zero attached hydrogens (tertiary/aromatic N) is 2. The first kappa shape index (κ1) is 17.8. The summed E-state index contributed by atoms with van der Waals surface area (Å²) < 4.78 is 28.5. The molecule has 1 aromatic carbocycles. The molecule has 0 spiro atoms. The zero-order valence-electron chi connectivity index (χ0n) is 13.2. The predicted octanol–water partition coefficient (Wildman–Crippen LogP) is 1.62. The van der Waals surface area contributed by atoms with Crippen LogP contribution in [0.4, 0.5) is 5.69 Å². The van der Waals surface area contributed by atoms with Gasteiger partial charge in [-0.05, 0) is 18.4 Å². The van der Waals surface area contributed by atoms with Crippen LogP contribution in [0.2, 0.25) is 0 Å². The van der Waals surface area contributed by atoms with Gasteiger partial charge in [-0.25, -0.2) is 8.42 Å². The smallest absolute Gasteiger partial charge is 0.269 e. The van der Waals surface area contributed by atoms with E-state index in [9.17, 15) is 18.5 Å². The van der Waals surface area contributed by atoms with Crippen molar-refractivity contribution in [1.82, 2.24) is 4.90 Å². The summed E-state index contributed by atoms with van der Waals surface area (Å²) in [6, 6.07) is 6.42. The van der Waals surface area contributed by atoms with Crippen molar-refractivity contribution >= 4 is 15.5 Å². The van der Waals surface area contributed by atoms with Crippen molar-refractivity contribution in [2.24, 2.45) is 0 Å². The zero-order valence-corrected chi connectivity index (χ0v) is 14.0. The second kappa shape index (κ2) is 7.85. The molecule has 0 saturated carbocycles. The molecule has 0 amide bonds. The number of methoxy groups -OCH3 is 1. The first-order valence-electron chi connectivity index (χ1n) is 7.58. The molecule has 1 aliphatic rings. The summed E-state index contributed by atoms with van der Waals surface area (Å²) in [5.41, 5.74) is 1.00. The Morgan fingerprint density at radius 1 is 1.35 bits per heavy atom. The highest BCUT2D eigenvalue weighted by molar-refractivity contribution is 7.91. The standard InChI is InChI=1S/C15H22N2O5S/c1-22-9-2-8-16(15-7-10-23(20,21)12-15)11-13-3-5-14(6-4-13)17(18)19/h3-6,15H,2,7-12H2,1H3/t15-/m0/s1. The maximum absolute atomic E-state index is 11.7. The van der Waals surface area contributed by atoms with Crippen LogP contribution in [0.1, 0.15) is 18.4 Å². The summed E-state index contributed by atoms with van der Waals surface area (Å²) in [5.74, 6) is 0.422. The number of non-ortho nitro benzene ring substituents is 1. The maximum atomic E-state index is 11.7. The topological polar surface area (TPSA) is 89.8 Å². The molecule has 0 radical (unpaired) electrons. The second-order valence-electron chi connectivity index (χ2n) is 5.80. The van der Waals surface area contributed by atoms with Gasteiger partial charge in [0.05, 0.1) is 16.4 Å². The Morgan fingerprint density at radius 2 is 2.04 bits per heavy atom. The molecule has 7 nitrogen and oxygen atoms in total. The number of nitro groups is 1. The van der Waals surface area contributed by atoms with E-state index < -0.39 is 14.8 Å². The molecule has 2 rings (SSSR count). The third kappa shape index (κ3) is 5.26. The Bertz CT molecular complexity index is 630. The Kier molecular flexibility index (Phi) is 6.09. The number of sulfone groups is 1. The lowest BCUT2D eigenvalue weighted by Crippen LogP contribution is -2.36. The Balaban J connectivity index is 2.05. The Labute approximate surface area is 136 Å². The molecule has 1 fully saturated rings. The van der Waals surface area contributed by atoms with Crippen LogP contribution >= 0.6 is 0 Å². The molecule has 1 heterocycles. The van der Waals surface area contributed by atoms with Gasteiger partial charge in [0, 0.05) is 45.0 Å². The van der Waals surface area contributed by atoms with Gasteiger partial charge in [-0.3, -0.25) is 15.0 Å². The van der Waals surface area contributed by atoms with Gasteiger partial charge in [0.15, 0.2) is 9.84 Å². The number of rotatable bonds is 8. The van der Waals surface area contributed by atoms with Crippen LogP contribution < -0.4 is 0 Å². The highest BCUT2D eigenvalue weighted by Gasteiger charge is 2.32. The van der Waals surface area contributed by atoms with E-state index in [0.717, 1.165) is 18.5 Å². The number of benzene rings is 1. The molecule has 0 aliphatic carbocycles. The van der Waals surface area contributed by atoms with Gasteiger partial charge in [-0.1, -0.05) is 12.1 Å². The van der Waals surface area contributed by atoms with Crippen LogP contribution in [0.15, 0.2) is 24.3 Å². The Hall–Kier alpha value is -1.51. The van der Waals surface area contributed by atoms with E-state index in [4.69, 9.17) is 4.74 Å². The van der Waals surface area contributed by atoms with Crippen molar-refractivity contribution in [1.29, 1.82) is 0 Å². The molecule has 128 valence electrons. The van der Waals surface area contributed by atoms with E-state index in [0.29, 0.717) is 19.6 Å². The largest absolute Gasteiger partial charge is 0.385 e.